The van der Waals surface area contributed by atoms with Crippen LogP contribution < -0.4 is 5.32 Å². The van der Waals surface area contributed by atoms with E-state index in [9.17, 15) is 4.79 Å². The molecule has 0 aliphatic heterocycles. The summed E-state index contributed by atoms with van der Waals surface area (Å²) >= 11 is 15.4. The van der Waals surface area contributed by atoms with Gasteiger partial charge in [0.25, 0.3) is 0 Å². The van der Waals surface area contributed by atoms with Crippen LogP contribution >= 0.6 is 46.7 Å². The number of benzene rings is 1. The lowest BCUT2D eigenvalue weighted by Crippen LogP contribution is -2.27. The lowest BCUT2D eigenvalue weighted by atomic mass is 10.2. The lowest BCUT2D eigenvalue weighted by Gasteiger charge is -2.09. The smallest absolute Gasteiger partial charge is 0.230 e. The zero-order valence-electron chi connectivity index (χ0n) is 12.4. The summed E-state index contributed by atoms with van der Waals surface area (Å²) in [5.74, 6) is 2.38. The predicted molar refractivity (Wildman–Crippen MR) is 100 cm³/mol. The van der Waals surface area contributed by atoms with Gasteiger partial charge >= 0.3 is 0 Å². The maximum atomic E-state index is 11.8. The van der Waals surface area contributed by atoms with E-state index in [1.807, 2.05) is 23.9 Å². The fourth-order valence-electron chi connectivity index (χ4n) is 2.41. The summed E-state index contributed by atoms with van der Waals surface area (Å²) in [6, 6.07) is 5.59. The summed E-state index contributed by atoms with van der Waals surface area (Å²) in [6.07, 6.45) is 5.43. The molecule has 1 aliphatic rings. The van der Waals surface area contributed by atoms with Crippen LogP contribution in [0.25, 0.3) is 0 Å². The van der Waals surface area contributed by atoms with Gasteiger partial charge in [0.15, 0.2) is 0 Å². The molecule has 122 valence electrons. The first-order valence-electron chi connectivity index (χ1n) is 7.55. The van der Waals surface area contributed by atoms with Crippen molar-refractivity contribution in [3.63, 3.8) is 0 Å². The van der Waals surface area contributed by atoms with Gasteiger partial charge in [0, 0.05) is 23.3 Å². The molecule has 1 N–H and O–H groups in total. The highest BCUT2D eigenvalue weighted by atomic mass is 35.5. The van der Waals surface area contributed by atoms with Crippen molar-refractivity contribution in [2.75, 3.05) is 18.1 Å². The van der Waals surface area contributed by atoms with Gasteiger partial charge in [-0.05, 0) is 30.5 Å². The molecule has 0 heterocycles. The van der Waals surface area contributed by atoms with Crippen LogP contribution in [0.4, 0.5) is 0 Å². The van der Waals surface area contributed by atoms with Crippen LogP contribution in [0.3, 0.4) is 0 Å². The van der Waals surface area contributed by atoms with E-state index < -0.39 is 0 Å². The maximum Gasteiger partial charge on any atom is 0.230 e. The largest absolute Gasteiger partial charge is 0.355 e. The Morgan fingerprint density at radius 1 is 1.23 bits per heavy atom. The van der Waals surface area contributed by atoms with Crippen molar-refractivity contribution in [3.8, 4) is 0 Å². The quantitative estimate of drug-likeness (QED) is 0.644. The summed E-state index contributed by atoms with van der Waals surface area (Å²) in [7, 11) is 0. The number of carbonyl (C=O) groups excluding carboxylic acids is 1. The second-order valence-corrected chi connectivity index (χ2v) is 8.58. The maximum absolute atomic E-state index is 11.8. The normalized spacial score (nSPS) is 15.2. The van der Waals surface area contributed by atoms with E-state index in [-0.39, 0.29) is 5.91 Å². The Balaban J connectivity index is 1.54. The van der Waals surface area contributed by atoms with E-state index in [4.69, 9.17) is 23.2 Å². The third-order valence-electron chi connectivity index (χ3n) is 3.57. The van der Waals surface area contributed by atoms with E-state index in [1.165, 1.54) is 25.7 Å². The van der Waals surface area contributed by atoms with E-state index in [1.54, 1.807) is 17.8 Å². The summed E-state index contributed by atoms with van der Waals surface area (Å²) < 4.78 is 0. The average Bonchev–Trinajstić information content (AvgIpc) is 3.01. The fourth-order valence-corrected chi connectivity index (χ4v) is 4.76. The number of rotatable bonds is 8. The Morgan fingerprint density at radius 2 is 2.00 bits per heavy atom. The lowest BCUT2D eigenvalue weighted by molar-refractivity contribution is -0.118. The van der Waals surface area contributed by atoms with Crippen molar-refractivity contribution in [2.24, 2.45) is 0 Å². The minimum Gasteiger partial charge on any atom is -0.355 e. The topological polar surface area (TPSA) is 29.1 Å². The zero-order valence-corrected chi connectivity index (χ0v) is 15.6. The highest BCUT2D eigenvalue weighted by Gasteiger charge is 2.14. The van der Waals surface area contributed by atoms with E-state index in [0.29, 0.717) is 15.8 Å². The summed E-state index contributed by atoms with van der Waals surface area (Å²) in [5.41, 5.74) is 1.09. The van der Waals surface area contributed by atoms with Gasteiger partial charge in [0.05, 0.1) is 15.8 Å². The molecule has 0 bridgehead atoms. The number of thioether (sulfide) groups is 2. The van der Waals surface area contributed by atoms with Crippen LogP contribution in [-0.4, -0.2) is 29.2 Å². The highest BCUT2D eigenvalue weighted by Crippen LogP contribution is 2.29. The zero-order chi connectivity index (χ0) is 15.8. The van der Waals surface area contributed by atoms with Crippen LogP contribution in [0.15, 0.2) is 18.2 Å². The van der Waals surface area contributed by atoms with E-state index >= 15 is 0 Å². The minimum absolute atomic E-state index is 0.108. The average molecular weight is 378 g/mol. The van der Waals surface area contributed by atoms with Gasteiger partial charge in [-0.1, -0.05) is 42.1 Å². The van der Waals surface area contributed by atoms with Gasteiger partial charge in [-0.2, -0.15) is 11.8 Å². The van der Waals surface area contributed by atoms with E-state index in [2.05, 4.69) is 5.32 Å². The molecule has 1 saturated carbocycles. The SMILES string of the molecule is O=C(CSCc1ccc(Cl)c(Cl)c1)NCCSC1CCCC1. The molecule has 1 fully saturated rings. The standard InChI is InChI=1S/C16H21Cl2NOS2/c17-14-6-5-12(9-15(14)18)10-21-11-16(20)19-7-8-22-13-3-1-2-4-13/h5-6,9,13H,1-4,7-8,10-11H2,(H,19,20). The van der Waals surface area contributed by atoms with Crippen LogP contribution in [0.2, 0.25) is 10.0 Å². The van der Waals surface area contributed by atoms with Crippen molar-refractivity contribution in [1.82, 2.24) is 5.32 Å². The van der Waals surface area contributed by atoms with Crippen molar-refractivity contribution in [3.05, 3.63) is 33.8 Å². The second-order valence-electron chi connectivity index (χ2n) is 5.37. The summed E-state index contributed by atoms with van der Waals surface area (Å²) in [4.78, 5) is 11.8. The molecule has 1 amide bonds. The third kappa shape index (κ3) is 6.61. The van der Waals surface area contributed by atoms with Crippen LogP contribution in [-0.2, 0) is 10.5 Å². The number of hydrogen-bond donors (Lipinski definition) is 1. The van der Waals surface area contributed by atoms with Crippen molar-refractivity contribution in [1.29, 1.82) is 0 Å². The molecule has 0 unspecified atom stereocenters. The fraction of sp³-hybridized carbons (Fsp3) is 0.562. The molecule has 0 aromatic heterocycles. The number of nitrogens with one attached hydrogen (secondary N) is 1. The van der Waals surface area contributed by atoms with E-state index in [0.717, 1.165) is 28.9 Å². The monoisotopic (exact) mass is 377 g/mol. The van der Waals surface area contributed by atoms with Gasteiger partial charge in [-0.3, -0.25) is 4.79 Å². The van der Waals surface area contributed by atoms with Gasteiger partial charge in [0.1, 0.15) is 0 Å². The summed E-state index contributed by atoms with van der Waals surface area (Å²) in [6.45, 7) is 0.771. The predicted octanol–water partition coefficient (Wildman–Crippen LogP) is 5.02. The number of hydrogen-bond acceptors (Lipinski definition) is 3. The van der Waals surface area contributed by atoms with Crippen molar-refractivity contribution < 1.29 is 4.79 Å². The van der Waals surface area contributed by atoms with Gasteiger partial charge < -0.3 is 5.32 Å². The Kier molecular flexibility index (Phi) is 8.29. The molecule has 6 heteroatoms. The van der Waals surface area contributed by atoms with Gasteiger partial charge in [-0.25, -0.2) is 0 Å². The van der Waals surface area contributed by atoms with Gasteiger partial charge in [0.2, 0.25) is 5.91 Å². The first-order chi connectivity index (χ1) is 10.6. The Bertz CT molecular complexity index is 493. The summed E-state index contributed by atoms with van der Waals surface area (Å²) in [5, 5.41) is 4.93. The van der Waals surface area contributed by atoms with Crippen molar-refractivity contribution in [2.45, 2.75) is 36.7 Å². The molecule has 0 saturated heterocycles. The molecule has 2 rings (SSSR count). The molecular weight excluding hydrogens is 357 g/mol. The van der Waals surface area contributed by atoms with Crippen LogP contribution in [0.5, 0.6) is 0 Å². The number of amides is 1. The Hall–Kier alpha value is -0.0300. The molecule has 0 spiro atoms. The molecule has 1 aliphatic carbocycles. The molecule has 1 aromatic rings. The van der Waals surface area contributed by atoms with Crippen molar-refractivity contribution >= 4 is 52.6 Å². The molecule has 1 aromatic carbocycles. The van der Waals surface area contributed by atoms with Crippen LogP contribution in [0, 0.1) is 0 Å². The molecule has 22 heavy (non-hydrogen) atoms. The Labute approximate surface area is 151 Å². The molecular formula is C16H21Cl2NOS2. The van der Waals surface area contributed by atoms with Crippen LogP contribution in [0.1, 0.15) is 31.2 Å². The minimum atomic E-state index is 0.108. The third-order valence-corrected chi connectivity index (χ3v) is 6.69. The second kappa shape index (κ2) is 9.96. The number of carbonyl (C=O) groups is 1. The number of halogens is 2. The van der Waals surface area contributed by atoms with Gasteiger partial charge in [-0.15, -0.1) is 11.8 Å². The molecule has 0 radical (unpaired) electrons. The molecule has 0 atom stereocenters. The molecule has 2 nitrogen and oxygen atoms in total. The first kappa shape index (κ1) is 18.3. The highest BCUT2D eigenvalue weighted by molar-refractivity contribution is 8.00. The first-order valence-corrected chi connectivity index (χ1v) is 10.5. The Morgan fingerprint density at radius 3 is 2.73 bits per heavy atom.